The molecule has 5 aromatic rings. The van der Waals surface area contributed by atoms with Crippen LogP contribution in [0.2, 0.25) is 0 Å². The zero-order valence-electron chi connectivity index (χ0n) is 19.7. The molecular formula is C25H22F3N7OS. The van der Waals surface area contributed by atoms with E-state index < -0.39 is 17.3 Å². The van der Waals surface area contributed by atoms with Crippen molar-refractivity contribution in [2.24, 2.45) is 0 Å². The van der Waals surface area contributed by atoms with E-state index in [4.69, 9.17) is 0 Å². The molecule has 3 aromatic heterocycles. The van der Waals surface area contributed by atoms with Crippen LogP contribution < -0.4 is 4.90 Å². The van der Waals surface area contributed by atoms with Gasteiger partial charge < -0.3 is 14.5 Å². The Morgan fingerprint density at radius 3 is 2.57 bits per heavy atom. The number of halogens is 3. The van der Waals surface area contributed by atoms with Crippen LogP contribution in [0.3, 0.4) is 0 Å². The Bertz CT molecular complexity index is 1560. The third-order valence-corrected chi connectivity index (χ3v) is 7.82. The summed E-state index contributed by atoms with van der Waals surface area (Å²) in [7, 11) is 0. The van der Waals surface area contributed by atoms with Gasteiger partial charge in [-0.05, 0) is 31.2 Å². The largest absolute Gasteiger partial charge is 0.443 e. The third kappa shape index (κ3) is 4.15. The van der Waals surface area contributed by atoms with Crippen molar-refractivity contribution in [1.29, 1.82) is 0 Å². The third-order valence-electron chi connectivity index (χ3n) is 6.66. The molecule has 0 bridgehead atoms. The van der Waals surface area contributed by atoms with E-state index in [1.807, 2.05) is 63.8 Å². The number of nitrogens with zero attached hydrogens (tertiary/aromatic N) is 6. The molecule has 8 nitrogen and oxygen atoms in total. The van der Waals surface area contributed by atoms with Gasteiger partial charge in [-0.25, -0.2) is 15.0 Å². The fraction of sp³-hybridized carbons (Fsp3) is 0.280. The van der Waals surface area contributed by atoms with Gasteiger partial charge in [0.15, 0.2) is 12.1 Å². The number of rotatable bonds is 5. The number of piperazine rings is 1. The van der Waals surface area contributed by atoms with Gasteiger partial charge in [-0.1, -0.05) is 35.6 Å². The first-order valence-electron chi connectivity index (χ1n) is 11.7. The molecule has 0 radical (unpaired) electrons. The molecule has 2 atom stereocenters. The van der Waals surface area contributed by atoms with E-state index in [2.05, 4.69) is 19.9 Å². The van der Waals surface area contributed by atoms with Gasteiger partial charge in [0.1, 0.15) is 16.9 Å². The van der Waals surface area contributed by atoms with Crippen LogP contribution in [0.5, 0.6) is 0 Å². The smallest absolute Gasteiger partial charge is 0.359 e. The lowest BCUT2D eigenvalue weighted by atomic mass is 10.1. The van der Waals surface area contributed by atoms with Crippen LogP contribution in [-0.2, 0) is 11.0 Å². The molecule has 1 saturated heterocycles. The minimum Gasteiger partial charge on any atom is -0.359 e. The van der Waals surface area contributed by atoms with Gasteiger partial charge in [0, 0.05) is 25.7 Å². The van der Waals surface area contributed by atoms with Crippen LogP contribution in [0.25, 0.3) is 33.6 Å². The average Bonchev–Trinajstić information content (AvgIpc) is 3.61. The highest BCUT2D eigenvalue weighted by Gasteiger charge is 2.39. The van der Waals surface area contributed by atoms with Crippen LogP contribution in [-0.4, -0.2) is 61.4 Å². The van der Waals surface area contributed by atoms with E-state index in [1.54, 1.807) is 12.4 Å². The lowest BCUT2D eigenvalue weighted by Crippen LogP contribution is -2.54. The zero-order chi connectivity index (χ0) is 25.7. The summed E-state index contributed by atoms with van der Waals surface area (Å²) in [5.74, 6) is 0.300. The number of benzene rings is 2. The van der Waals surface area contributed by atoms with Crippen LogP contribution >= 0.6 is 11.3 Å². The molecule has 0 amide bonds. The molecule has 6 rings (SSSR count). The van der Waals surface area contributed by atoms with Crippen molar-refractivity contribution in [2.75, 3.05) is 24.5 Å². The Hall–Kier alpha value is -3.77. The molecule has 12 heteroatoms. The normalized spacial score (nSPS) is 18.1. The fourth-order valence-electron chi connectivity index (χ4n) is 4.91. The number of aromatic nitrogens is 5. The Balaban J connectivity index is 1.32. The first kappa shape index (κ1) is 23.6. The molecular weight excluding hydrogens is 503 g/mol. The van der Waals surface area contributed by atoms with Crippen molar-refractivity contribution >= 4 is 44.7 Å². The number of nitrogens with one attached hydrogen (secondary N) is 1. The molecule has 1 aliphatic heterocycles. The number of aldehydes is 1. The molecule has 0 saturated carbocycles. The maximum atomic E-state index is 13.7. The van der Waals surface area contributed by atoms with Crippen molar-refractivity contribution in [3.8, 4) is 11.5 Å². The van der Waals surface area contributed by atoms with Gasteiger partial charge in [0.05, 0.1) is 28.4 Å². The number of alkyl halides is 3. The summed E-state index contributed by atoms with van der Waals surface area (Å²) in [6, 6.07) is 14.7. The highest BCUT2D eigenvalue weighted by Crippen LogP contribution is 2.43. The number of carbonyl (C=O) groups excluding carboxylic acids is 1. The van der Waals surface area contributed by atoms with Crippen molar-refractivity contribution in [1.82, 2.24) is 29.4 Å². The summed E-state index contributed by atoms with van der Waals surface area (Å²) in [5, 5.41) is -0.502. The zero-order valence-corrected chi connectivity index (χ0v) is 20.5. The number of anilines is 1. The van der Waals surface area contributed by atoms with E-state index in [0.717, 1.165) is 22.8 Å². The van der Waals surface area contributed by atoms with Crippen molar-refractivity contribution in [3.05, 3.63) is 59.9 Å². The number of thiazole rings is 1. The molecule has 1 fully saturated rings. The number of fused-ring (bicyclic) bond motifs is 2. The number of carbonyl (C=O) groups is 1. The Kier molecular flexibility index (Phi) is 5.72. The molecule has 4 heterocycles. The Morgan fingerprint density at radius 1 is 1.08 bits per heavy atom. The van der Waals surface area contributed by atoms with Gasteiger partial charge >= 0.3 is 6.18 Å². The standard InChI is InChI=1S/C25H22F3N7OS/c1-15-12-33(10-11-34(15)20(13-36)35-14-29-18-8-4-5-9-19(18)35)23-21(32-24(37-23)25(26,27)28)22-30-16-6-2-3-7-17(16)31-22/h2-9,13-15,20H,10-12H2,1H3,(H,30,31)/t15-,20?/m1/s1. The van der Waals surface area contributed by atoms with Crippen molar-refractivity contribution in [3.63, 3.8) is 0 Å². The number of H-pyrrole nitrogens is 1. The second-order valence-corrected chi connectivity index (χ2v) is 9.97. The predicted octanol–water partition coefficient (Wildman–Crippen LogP) is 4.96. The molecule has 190 valence electrons. The molecule has 0 aliphatic carbocycles. The fourth-order valence-corrected chi connectivity index (χ4v) is 5.88. The van der Waals surface area contributed by atoms with Gasteiger partial charge in [-0.15, -0.1) is 0 Å². The summed E-state index contributed by atoms with van der Waals surface area (Å²) in [6.45, 7) is 3.28. The monoisotopic (exact) mass is 525 g/mol. The Morgan fingerprint density at radius 2 is 1.84 bits per heavy atom. The summed E-state index contributed by atoms with van der Waals surface area (Å²) in [4.78, 5) is 32.2. The average molecular weight is 526 g/mol. The Labute approximate surface area is 213 Å². The number of para-hydroxylation sites is 4. The van der Waals surface area contributed by atoms with Gasteiger partial charge in [0.25, 0.3) is 0 Å². The molecule has 2 aromatic carbocycles. The van der Waals surface area contributed by atoms with Gasteiger partial charge in [0.2, 0.25) is 5.01 Å². The van der Waals surface area contributed by atoms with E-state index in [9.17, 15) is 18.0 Å². The minimum atomic E-state index is -4.57. The maximum absolute atomic E-state index is 13.7. The van der Waals surface area contributed by atoms with E-state index >= 15 is 0 Å². The summed E-state index contributed by atoms with van der Waals surface area (Å²) < 4.78 is 42.9. The van der Waals surface area contributed by atoms with Crippen molar-refractivity contribution < 1.29 is 18.0 Å². The minimum absolute atomic E-state index is 0.134. The molecule has 1 unspecified atom stereocenters. The topological polar surface area (TPSA) is 82.9 Å². The van der Waals surface area contributed by atoms with Crippen LogP contribution in [0.4, 0.5) is 18.2 Å². The summed E-state index contributed by atoms with van der Waals surface area (Å²) in [5.41, 5.74) is 3.20. The number of hydrogen-bond donors (Lipinski definition) is 1. The van der Waals surface area contributed by atoms with Crippen molar-refractivity contribution in [2.45, 2.75) is 25.3 Å². The SMILES string of the molecule is C[C@@H]1CN(c2sc(C(F)(F)F)nc2-c2nc3ccccc3[nH]2)CCN1C(C=O)n1cnc2ccccc21. The second kappa shape index (κ2) is 8.96. The lowest BCUT2D eigenvalue weighted by Gasteiger charge is -2.43. The van der Waals surface area contributed by atoms with E-state index in [1.165, 1.54) is 0 Å². The highest BCUT2D eigenvalue weighted by molar-refractivity contribution is 7.16. The lowest BCUT2D eigenvalue weighted by molar-refractivity contribution is -0.137. The first-order valence-corrected chi connectivity index (χ1v) is 12.6. The molecule has 1 aliphatic rings. The van der Waals surface area contributed by atoms with Gasteiger partial charge in [-0.3, -0.25) is 9.69 Å². The molecule has 0 spiro atoms. The highest BCUT2D eigenvalue weighted by atomic mass is 32.1. The second-order valence-electron chi connectivity index (χ2n) is 9.00. The quantitative estimate of drug-likeness (QED) is 0.327. The number of hydrogen-bond acceptors (Lipinski definition) is 7. The van der Waals surface area contributed by atoms with E-state index in [0.29, 0.717) is 47.3 Å². The number of imidazole rings is 2. The summed E-state index contributed by atoms with van der Waals surface area (Å²) in [6.07, 6.45) is -2.61. The van der Waals surface area contributed by atoms with Crippen LogP contribution in [0.15, 0.2) is 54.9 Å². The predicted molar refractivity (Wildman–Crippen MR) is 135 cm³/mol. The molecule has 37 heavy (non-hydrogen) atoms. The van der Waals surface area contributed by atoms with Crippen LogP contribution in [0.1, 0.15) is 18.1 Å². The van der Waals surface area contributed by atoms with Gasteiger partial charge in [-0.2, -0.15) is 13.2 Å². The maximum Gasteiger partial charge on any atom is 0.443 e. The molecule has 1 N–H and O–H groups in total. The first-order chi connectivity index (χ1) is 17.8. The van der Waals surface area contributed by atoms with Crippen LogP contribution in [0, 0.1) is 0 Å². The van der Waals surface area contributed by atoms with E-state index in [-0.39, 0.29) is 11.7 Å². The summed E-state index contributed by atoms with van der Waals surface area (Å²) >= 11 is 0.621. The number of aromatic amines is 1.